The van der Waals surface area contributed by atoms with Gasteiger partial charge in [0.2, 0.25) is 0 Å². The maximum atomic E-state index is 15.4. The molecule has 2 unspecified atom stereocenters. The van der Waals surface area contributed by atoms with E-state index in [2.05, 4.69) is 17.3 Å². The Hall–Kier alpha value is -2.25. The van der Waals surface area contributed by atoms with Gasteiger partial charge in [-0.2, -0.15) is 5.09 Å². The Labute approximate surface area is 236 Å². The van der Waals surface area contributed by atoms with Gasteiger partial charge in [-0.15, -0.1) is 0 Å². The number of amides is 2. The normalized spacial score (nSPS) is 31.4. The average Bonchev–Trinajstić information content (AvgIpc) is 3.57. The molecule has 4 rings (SSSR count). The van der Waals surface area contributed by atoms with E-state index in [0.29, 0.717) is 0 Å². The van der Waals surface area contributed by atoms with Crippen LogP contribution >= 0.6 is 19.3 Å². The molecule has 15 heteroatoms. The van der Waals surface area contributed by atoms with Crippen LogP contribution in [0.4, 0.5) is 9.18 Å². The third kappa shape index (κ3) is 6.79. The van der Waals surface area contributed by atoms with Gasteiger partial charge in [0.25, 0.3) is 5.13 Å². The van der Waals surface area contributed by atoms with E-state index in [1.54, 1.807) is 26.0 Å². The molecule has 2 aliphatic heterocycles. The van der Waals surface area contributed by atoms with Crippen molar-refractivity contribution in [3.05, 3.63) is 42.1 Å². The molecular formula is C25H34ClFN3O9P. The van der Waals surface area contributed by atoms with Crippen molar-refractivity contribution in [2.24, 2.45) is 0 Å². The molecule has 12 nitrogen and oxygen atoms in total. The van der Waals surface area contributed by atoms with Crippen molar-refractivity contribution < 1.29 is 47.3 Å². The van der Waals surface area contributed by atoms with Gasteiger partial charge in [-0.05, 0) is 62.8 Å². The van der Waals surface area contributed by atoms with E-state index in [0.717, 1.165) is 35.6 Å². The molecule has 40 heavy (non-hydrogen) atoms. The van der Waals surface area contributed by atoms with Crippen LogP contribution in [0.3, 0.4) is 0 Å². The molecule has 2 heterocycles. The summed E-state index contributed by atoms with van der Waals surface area (Å²) < 4.78 is 51.0. The summed E-state index contributed by atoms with van der Waals surface area (Å²) in [5, 5.41) is 21.7. The zero-order valence-electron chi connectivity index (χ0n) is 22.5. The van der Waals surface area contributed by atoms with Crippen LogP contribution in [0.25, 0.3) is 0 Å². The molecule has 1 aliphatic carbocycles. The quantitative estimate of drug-likeness (QED) is 0.168. The van der Waals surface area contributed by atoms with Gasteiger partial charge in [0.05, 0.1) is 12.7 Å². The van der Waals surface area contributed by atoms with E-state index in [1.807, 2.05) is 12.1 Å². The highest BCUT2D eigenvalue weighted by atomic mass is 35.5. The standard InChI is InChI=1S/C25H34ClFN3O9P/c1-14(2)37-21(33)15(3)29-40(35,39-17-7-5-16(6-8-17)24(4)10-11-24)36-13-18-20(32)25(26,27)22(38-18)30-12-9-19(31)28-23(30)34/h5-9,12,14-15,18-20,22,31-32H,10-11,13H2,1-4H3,(H,28,34)(H,29,35)/t15-,18+,19?,20+,22+,25+,40?/m0/s1. The van der Waals surface area contributed by atoms with E-state index in [1.165, 1.54) is 6.92 Å². The number of hydrogen-bond acceptors (Lipinski definition) is 9. The fourth-order valence-corrected chi connectivity index (χ4v) is 6.00. The summed E-state index contributed by atoms with van der Waals surface area (Å²) in [4.78, 5) is 25.4. The summed E-state index contributed by atoms with van der Waals surface area (Å²) in [6.07, 6.45) is -2.75. The molecule has 0 aromatic heterocycles. The Morgan fingerprint density at radius 3 is 2.52 bits per heavy atom. The maximum absolute atomic E-state index is 15.4. The van der Waals surface area contributed by atoms with Gasteiger partial charge in [0.15, 0.2) is 6.23 Å². The number of esters is 1. The zero-order chi connectivity index (χ0) is 29.5. The number of aliphatic hydroxyl groups excluding tert-OH is 2. The second kappa shape index (κ2) is 11.6. The molecule has 2 fully saturated rings. The second-order valence-electron chi connectivity index (χ2n) is 10.6. The summed E-state index contributed by atoms with van der Waals surface area (Å²) >= 11 is 5.93. The Morgan fingerprint density at radius 1 is 1.30 bits per heavy atom. The third-order valence-corrected chi connectivity index (χ3v) is 8.86. The number of benzene rings is 1. The number of nitrogens with zero attached hydrogens (tertiary/aromatic N) is 1. The summed E-state index contributed by atoms with van der Waals surface area (Å²) in [7, 11) is -4.38. The highest BCUT2D eigenvalue weighted by molar-refractivity contribution is 7.52. The maximum Gasteiger partial charge on any atom is 0.459 e. The molecule has 0 radical (unpaired) electrons. The molecule has 4 N–H and O–H groups in total. The highest BCUT2D eigenvalue weighted by Crippen LogP contribution is 2.50. The van der Waals surface area contributed by atoms with Crippen molar-refractivity contribution in [1.29, 1.82) is 0 Å². The third-order valence-electron chi connectivity index (χ3n) is 6.81. The van der Waals surface area contributed by atoms with Crippen molar-refractivity contribution in [3.8, 4) is 5.75 Å². The predicted octanol–water partition coefficient (Wildman–Crippen LogP) is 3.02. The lowest BCUT2D eigenvalue weighted by molar-refractivity contribution is -0.149. The van der Waals surface area contributed by atoms with Crippen LogP contribution in [0, 0.1) is 0 Å². The summed E-state index contributed by atoms with van der Waals surface area (Å²) in [6, 6.07) is 4.86. The Kier molecular flexibility index (Phi) is 8.87. The predicted molar refractivity (Wildman–Crippen MR) is 141 cm³/mol. The number of aliphatic hydroxyl groups is 2. The first-order valence-electron chi connectivity index (χ1n) is 12.8. The summed E-state index contributed by atoms with van der Waals surface area (Å²) in [5.74, 6) is -0.546. The van der Waals surface area contributed by atoms with Crippen molar-refractivity contribution in [1.82, 2.24) is 15.3 Å². The van der Waals surface area contributed by atoms with Crippen LogP contribution in [-0.2, 0) is 28.8 Å². The fourth-order valence-electron chi connectivity index (χ4n) is 4.20. The van der Waals surface area contributed by atoms with Crippen molar-refractivity contribution in [2.75, 3.05) is 6.61 Å². The average molecular weight is 606 g/mol. The Morgan fingerprint density at radius 2 is 1.95 bits per heavy atom. The molecule has 3 aliphatic rings. The van der Waals surface area contributed by atoms with E-state index >= 15 is 4.39 Å². The van der Waals surface area contributed by atoms with Gasteiger partial charge in [0.1, 0.15) is 30.2 Å². The minimum absolute atomic E-state index is 0.0948. The molecule has 1 aromatic rings. The number of carbonyl (C=O) groups excluding carboxylic acids is 2. The van der Waals surface area contributed by atoms with Gasteiger partial charge in [-0.3, -0.25) is 14.2 Å². The first kappa shape index (κ1) is 30.7. The molecule has 222 valence electrons. The van der Waals surface area contributed by atoms with Crippen LogP contribution in [0.2, 0.25) is 0 Å². The largest absolute Gasteiger partial charge is 0.462 e. The number of nitrogens with one attached hydrogen (secondary N) is 2. The van der Waals surface area contributed by atoms with Crippen molar-refractivity contribution in [3.63, 3.8) is 0 Å². The molecule has 1 saturated heterocycles. The molecule has 0 spiro atoms. The topological polar surface area (TPSA) is 156 Å². The molecule has 1 saturated carbocycles. The number of ether oxygens (including phenoxy) is 2. The molecule has 2 amide bonds. The van der Waals surface area contributed by atoms with E-state index in [9.17, 15) is 24.4 Å². The van der Waals surface area contributed by atoms with Crippen LogP contribution < -0.4 is 14.9 Å². The number of halogens is 2. The van der Waals surface area contributed by atoms with Crippen molar-refractivity contribution >= 4 is 31.3 Å². The monoisotopic (exact) mass is 605 g/mol. The van der Waals surface area contributed by atoms with E-state index < -0.39 is 68.3 Å². The lowest BCUT2D eigenvalue weighted by atomic mass is 9.99. The number of hydrogen-bond donors (Lipinski definition) is 4. The smallest absolute Gasteiger partial charge is 0.459 e. The van der Waals surface area contributed by atoms with Gasteiger partial charge in [0, 0.05) is 6.20 Å². The molecule has 1 aromatic carbocycles. The van der Waals surface area contributed by atoms with Crippen molar-refractivity contribution in [2.45, 2.75) is 87.9 Å². The number of alkyl halides is 2. The summed E-state index contributed by atoms with van der Waals surface area (Å²) in [6.45, 7) is 6.14. The van der Waals surface area contributed by atoms with Crippen LogP contribution in [0.5, 0.6) is 5.75 Å². The van der Waals surface area contributed by atoms with E-state index in [4.69, 9.17) is 30.1 Å². The zero-order valence-corrected chi connectivity index (χ0v) is 24.1. The number of rotatable bonds is 11. The lowest BCUT2D eigenvalue weighted by Gasteiger charge is -2.33. The van der Waals surface area contributed by atoms with Gasteiger partial charge in [-0.25, -0.2) is 13.8 Å². The SMILES string of the molecule is CC(C)OC(=O)[C@H](C)NP(=O)(OC[C@H]1O[C@@H](N2C=CC(O)NC2=O)[C@@](F)(Cl)[C@@H]1O)Oc1ccc(C2(C)CC2)cc1. The minimum Gasteiger partial charge on any atom is -0.462 e. The summed E-state index contributed by atoms with van der Waals surface area (Å²) in [5.41, 5.74) is 1.19. The van der Waals surface area contributed by atoms with Crippen LogP contribution in [-0.4, -0.2) is 75.7 Å². The van der Waals surface area contributed by atoms with Crippen LogP contribution in [0.1, 0.15) is 46.1 Å². The van der Waals surface area contributed by atoms with E-state index in [-0.39, 0.29) is 11.2 Å². The first-order chi connectivity index (χ1) is 18.6. The molecular weight excluding hydrogens is 572 g/mol. The fraction of sp³-hybridized carbons (Fsp3) is 0.600. The molecule has 0 bridgehead atoms. The Balaban J connectivity index is 1.50. The Bertz CT molecular complexity index is 1180. The second-order valence-corrected chi connectivity index (χ2v) is 12.9. The van der Waals surface area contributed by atoms with Crippen LogP contribution in [0.15, 0.2) is 36.5 Å². The van der Waals surface area contributed by atoms with Gasteiger partial charge >= 0.3 is 19.7 Å². The number of carbonyl (C=O) groups is 2. The molecule has 7 atom stereocenters. The first-order valence-corrected chi connectivity index (χ1v) is 14.8. The minimum atomic E-state index is -4.38. The number of urea groups is 1. The van der Waals surface area contributed by atoms with Gasteiger partial charge in [-0.1, -0.05) is 30.7 Å². The highest BCUT2D eigenvalue weighted by Gasteiger charge is 2.60. The lowest BCUT2D eigenvalue weighted by Crippen LogP contribution is -2.55. The van der Waals surface area contributed by atoms with Gasteiger partial charge < -0.3 is 29.5 Å².